The van der Waals surface area contributed by atoms with Crippen LogP contribution in [0.2, 0.25) is 5.15 Å². The lowest BCUT2D eigenvalue weighted by molar-refractivity contribution is -0.384. The fraction of sp³-hybridized carbons (Fsp3) is 0.400. The van der Waals surface area contributed by atoms with E-state index in [1.54, 1.807) is 0 Å². The molecule has 0 aliphatic carbocycles. The second kappa shape index (κ2) is 5.72. The van der Waals surface area contributed by atoms with Gasteiger partial charge in [0.15, 0.2) is 0 Å². The average molecular weight is 297 g/mol. The maximum Gasteiger partial charge on any atom is 0.329 e. The van der Waals surface area contributed by atoms with Crippen LogP contribution in [0, 0.1) is 16.0 Å². The molecule has 1 fully saturated rings. The van der Waals surface area contributed by atoms with Crippen LogP contribution < -0.4 is 4.90 Å². The van der Waals surface area contributed by atoms with Crippen molar-refractivity contribution in [3.63, 3.8) is 0 Å². The van der Waals surface area contributed by atoms with Crippen LogP contribution >= 0.6 is 11.6 Å². The molecular formula is C10H9ClN6O3. The number of azide groups is 1. The Morgan fingerprint density at radius 2 is 2.45 bits per heavy atom. The molecule has 0 radical (unpaired) electrons. The Hall–Kier alpha value is -2.38. The molecule has 1 amide bonds. The highest BCUT2D eigenvalue weighted by Crippen LogP contribution is 2.36. The minimum Gasteiger partial charge on any atom is -0.306 e. The molecule has 1 aromatic heterocycles. The third-order valence-corrected chi connectivity index (χ3v) is 3.22. The first-order valence-corrected chi connectivity index (χ1v) is 6.02. The number of halogens is 1. The molecule has 10 heteroatoms. The van der Waals surface area contributed by atoms with Crippen molar-refractivity contribution >= 4 is 28.9 Å². The number of carbonyl (C=O) groups is 1. The average Bonchev–Trinajstić information content (AvgIpc) is 2.76. The Balaban J connectivity index is 2.33. The summed E-state index contributed by atoms with van der Waals surface area (Å²) in [7, 11) is 0. The molecule has 1 aromatic rings. The summed E-state index contributed by atoms with van der Waals surface area (Å²) < 4.78 is 0. The van der Waals surface area contributed by atoms with Gasteiger partial charge in [0.25, 0.3) is 0 Å². The summed E-state index contributed by atoms with van der Waals surface area (Å²) in [6, 6.07) is 1.37. The number of carbonyl (C=O) groups excluding carboxylic acids is 1. The number of aromatic nitrogens is 1. The molecule has 20 heavy (non-hydrogen) atoms. The Bertz CT molecular complexity index is 615. The maximum atomic E-state index is 11.9. The molecule has 1 saturated heterocycles. The molecule has 1 aliphatic rings. The summed E-state index contributed by atoms with van der Waals surface area (Å²) in [4.78, 5) is 29.9. The second-order valence-electron chi connectivity index (χ2n) is 4.21. The van der Waals surface area contributed by atoms with Crippen LogP contribution in [0.25, 0.3) is 10.4 Å². The lowest BCUT2D eigenvalue weighted by Gasteiger charge is -2.16. The number of hydrogen-bond donors (Lipinski definition) is 0. The van der Waals surface area contributed by atoms with Gasteiger partial charge in [0.1, 0.15) is 5.69 Å². The standard InChI is InChI=1S/C10H9ClN6O3/c11-10-9(17(19)20)7(1-2-13-10)16-5-6(3-8(16)18)4-14-15-12/h1-2,6H,3-5H2. The predicted octanol–water partition coefficient (Wildman–Crippen LogP) is 2.31. The first-order valence-electron chi connectivity index (χ1n) is 5.64. The molecule has 0 aromatic carbocycles. The number of nitrogens with zero attached hydrogens (tertiary/aromatic N) is 6. The van der Waals surface area contributed by atoms with E-state index in [1.807, 2.05) is 0 Å². The second-order valence-corrected chi connectivity index (χ2v) is 4.57. The summed E-state index contributed by atoms with van der Waals surface area (Å²) in [6.07, 6.45) is 1.48. The van der Waals surface area contributed by atoms with Crippen LogP contribution in [0.4, 0.5) is 11.4 Å². The van der Waals surface area contributed by atoms with Gasteiger partial charge in [-0.2, -0.15) is 0 Å². The van der Waals surface area contributed by atoms with Gasteiger partial charge < -0.3 is 4.90 Å². The molecule has 1 unspecified atom stereocenters. The highest BCUT2D eigenvalue weighted by Gasteiger charge is 2.35. The van der Waals surface area contributed by atoms with E-state index >= 15 is 0 Å². The molecule has 0 bridgehead atoms. The minimum absolute atomic E-state index is 0.114. The van der Waals surface area contributed by atoms with Gasteiger partial charge in [-0.1, -0.05) is 16.7 Å². The zero-order valence-corrected chi connectivity index (χ0v) is 10.9. The van der Waals surface area contributed by atoms with Crippen molar-refractivity contribution in [3.05, 3.63) is 38.0 Å². The lowest BCUT2D eigenvalue weighted by atomic mass is 10.1. The summed E-state index contributed by atoms with van der Waals surface area (Å²) in [5.74, 6) is -0.432. The minimum atomic E-state index is -0.668. The van der Waals surface area contributed by atoms with Gasteiger partial charge in [-0.05, 0) is 17.5 Å². The summed E-state index contributed by atoms with van der Waals surface area (Å²) in [5, 5.41) is 14.2. The fourth-order valence-electron chi connectivity index (χ4n) is 2.09. The van der Waals surface area contributed by atoms with Crippen molar-refractivity contribution in [1.82, 2.24) is 4.98 Å². The van der Waals surface area contributed by atoms with Crippen molar-refractivity contribution in [2.45, 2.75) is 6.42 Å². The smallest absolute Gasteiger partial charge is 0.306 e. The highest BCUT2D eigenvalue weighted by molar-refractivity contribution is 6.32. The van der Waals surface area contributed by atoms with Gasteiger partial charge >= 0.3 is 5.69 Å². The molecule has 2 heterocycles. The Kier molecular flexibility index (Phi) is 4.02. The van der Waals surface area contributed by atoms with E-state index in [-0.39, 0.29) is 42.2 Å². The van der Waals surface area contributed by atoms with Gasteiger partial charge in [-0.15, -0.1) is 0 Å². The summed E-state index contributed by atoms with van der Waals surface area (Å²) >= 11 is 5.71. The van der Waals surface area contributed by atoms with Gasteiger partial charge in [-0.25, -0.2) is 4.98 Å². The summed E-state index contributed by atoms with van der Waals surface area (Å²) in [5.41, 5.74) is 7.99. The topological polar surface area (TPSA) is 125 Å². The first-order chi connectivity index (χ1) is 9.54. The summed E-state index contributed by atoms with van der Waals surface area (Å²) in [6.45, 7) is 0.421. The SMILES string of the molecule is [N-]=[N+]=NCC1CC(=O)N(c2ccnc(Cl)c2[N+](=O)[O-])C1. The van der Waals surface area contributed by atoms with Gasteiger partial charge in [0.05, 0.1) is 4.92 Å². The highest BCUT2D eigenvalue weighted by atomic mass is 35.5. The van der Waals surface area contributed by atoms with Crippen LogP contribution in [-0.2, 0) is 4.79 Å². The molecule has 0 saturated carbocycles. The Morgan fingerprint density at radius 3 is 3.10 bits per heavy atom. The van der Waals surface area contributed by atoms with Crippen LogP contribution in [0.1, 0.15) is 6.42 Å². The van der Waals surface area contributed by atoms with Gasteiger partial charge in [-0.3, -0.25) is 14.9 Å². The van der Waals surface area contributed by atoms with E-state index in [2.05, 4.69) is 15.0 Å². The number of anilines is 1. The predicted molar refractivity (Wildman–Crippen MR) is 70.4 cm³/mol. The van der Waals surface area contributed by atoms with Crippen molar-refractivity contribution in [3.8, 4) is 0 Å². The van der Waals surface area contributed by atoms with E-state index in [0.29, 0.717) is 0 Å². The Labute approximate surface area is 117 Å². The maximum absolute atomic E-state index is 11.9. The third kappa shape index (κ3) is 2.63. The fourth-order valence-corrected chi connectivity index (χ4v) is 2.32. The first kappa shape index (κ1) is 14.0. The van der Waals surface area contributed by atoms with Crippen molar-refractivity contribution in [2.75, 3.05) is 18.0 Å². The quantitative estimate of drug-likeness (QED) is 0.211. The molecule has 0 spiro atoms. The van der Waals surface area contributed by atoms with Crippen molar-refractivity contribution in [1.29, 1.82) is 0 Å². The largest absolute Gasteiger partial charge is 0.329 e. The molecular weight excluding hydrogens is 288 g/mol. The number of nitro groups is 1. The molecule has 104 valence electrons. The Morgan fingerprint density at radius 1 is 1.70 bits per heavy atom. The van der Waals surface area contributed by atoms with Crippen LogP contribution in [0.5, 0.6) is 0 Å². The van der Waals surface area contributed by atoms with Crippen molar-refractivity contribution in [2.24, 2.45) is 11.0 Å². The van der Waals surface area contributed by atoms with E-state index in [0.717, 1.165) is 0 Å². The lowest BCUT2D eigenvalue weighted by Crippen LogP contribution is -2.25. The van der Waals surface area contributed by atoms with Gasteiger partial charge in [0.2, 0.25) is 11.1 Å². The van der Waals surface area contributed by atoms with Crippen LogP contribution in [0.15, 0.2) is 17.4 Å². The molecule has 1 atom stereocenters. The van der Waals surface area contributed by atoms with Crippen LogP contribution in [0.3, 0.4) is 0 Å². The third-order valence-electron chi connectivity index (χ3n) is 2.94. The van der Waals surface area contributed by atoms with E-state index < -0.39 is 10.6 Å². The molecule has 1 aliphatic heterocycles. The number of amides is 1. The van der Waals surface area contributed by atoms with E-state index in [4.69, 9.17) is 17.1 Å². The molecule has 9 nitrogen and oxygen atoms in total. The normalized spacial score (nSPS) is 17.9. The molecule has 0 N–H and O–H groups in total. The van der Waals surface area contributed by atoms with Crippen molar-refractivity contribution < 1.29 is 9.72 Å². The number of hydrogen-bond acceptors (Lipinski definition) is 5. The number of rotatable bonds is 4. The van der Waals surface area contributed by atoms with Gasteiger partial charge in [0, 0.05) is 30.6 Å². The van der Waals surface area contributed by atoms with E-state index in [9.17, 15) is 14.9 Å². The zero-order chi connectivity index (χ0) is 14.7. The van der Waals surface area contributed by atoms with Crippen LogP contribution in [-0.4, -0.2) is 28.9 Å². The molecule has 2 rings (SSSR count). The number of pyridine rings is 1. The monoisotopic (exact) mass is 296 g/mol. The van der Waals surface area contributed by atoms with E-state index in [1.165, 1.54) is 17.2 Å². The zero-order valence-electron chi connectivity index (χ0n) is 10.1.